The molecule has 1 aliphatic carbocycles. The number of aromatic nitrogens is 1. The second kappa shape index (κ2) is 7.79. The molecule has 22 heavy (non-hydrogen) atoms. The standard InChI is InChI=1S/C15H25BN2O4/c1-10(2)8-14(16(20)21)17-15(19)13-9-12(18-22-13)11-6-4-3-5-7-11/h9-11,14,20-21H,3-8H2,1-2H3,(H,17,19)/t14-/m0/s1. The van der Waals surface area contributed by atoms with Crippen LogP contribution in [0.1, 0.15) is 74.5 Å². The SMILES string of the molecule is CC(C)C[C@H](NC(=O)c1cc(C2CCCCC2)no1)B(O)O. The van der Waals surface area contributed by atoms with E-state index in [2.05, 4.69) is 10.5 Å². The predicted octanol–water partition coefficient (Wildman–Crippen LogP) is 1.88. The molecule has 1 aliphatic rings. The van der Waals surface area contributed by atoms with Crippen LogP contribution in [-0.4, -0.2) is 34.2 Å². The summed E-state index contributed by atoms with van der Waals surface area (Å²) in [7, 11) is -1.59. The molecule has 0 saturated heterocycles. The molecule has 1 heterocycles. The van der Waals surface area contributed by atoms with E-state index >= 15 is 0 Å². The zero-order valence-electron chi connectivity index (χ0n) is 13.3. The van der Waals surface area contributed by atoms with E-state index in [-0.39, 0.29) is 11.7 Å². The molecule has 2 rings (SSSR count). The molecule has 1 fully saturated rings. The number of nitrogens with one attached hydrogen (secondary N) is 1. The van der Waals surface area contributed by atoms with Crippen molar-refractivity contribution in [2.75, 3.05) is 0 Å². The highest BCUT2D eigenvalue weighted by Gasteiger charge is 2.28. The van der Waals surface area contributed by atoms with Crippen LogP contribution in [0.15, 0.2) is 10.6 Å². The molecular weight excluding hydrogens is 283 g/mol. The first-order valence-corrected chi connectivity index (χ1v) is 8.11. The fourth-order valence-corrected chi connectivity index (χ4v) is 2.99. The summed E-state index contributed by atoms with van der Waals surface area (Å²) in [5.41, 5.74) is 0.829. The van der Waals surface area contributed by atoms with E-state index in [4.69, 9.17) is 4.52 Å². The van der Waals surface area contributed by atoms with E-state index < -0.39 is 19.0 Å². The van der Waals surface area contributed by atoms with Crippen molar-refractivity contribution < 1.29 is 19.4 Å². The number of hydrogen-bond donors (Lipinski definition) is 3. The number of rotatable bonds is 6. The van der Waals surface area contributed by atoms with Crippen molar-refractivity contribution in [1.29, 1.82) is 0 Å². The summed E-state index contributed by atoms with van der Waals surface area (Å²) >= 11 is 0. The van der Waals surface area contributed by atoms with E-state index in [1.54, 1.807) is 6.07 Å². The van der Waals surface area contributed by atoms with Crippen molar-refractivity contribution in [2.24, 2.45) is 5.92 Å². The highest BCUT2D eigenvalue weighted by molar-refractivity contribution is 6.43. The van der Waals surface area contributed by atoms with Gasteiger partial charge in [-0.1, -0.05) is 38.3 Å². The first kappa shape index (κ1) is 17.0. The maximum Gasteiger partial charge on any atom is 0.475 e. The molecule has 1 aromatic rings. The zero-order chi connectivity index (χ0) is 16.1. The van der Waals surface area contributed by atoms with Crippen LogP contribution in [0.5, 0.6) is 0 Å². The Hall–Kier alpha value is -1.34. The largest absolute Gasteiger partial charge is 0.475 e. The van der Waals surface area contributed by atoms with Gasteiger partial charge in [0.2, 0.25) is 5.76 Å². The quantitative estimate of drug-likeness (QED) is 0.697. The molecule has 3 N–H and O–H groups in total. The maximum atomic E-state index is 12.2. The maximum absolute atomic E-state index is 12.2. The zero-order valence-corrected chi connectivity index (χ0v) is 13.3. The normalized spacial score (nSPS) is 17.5. The summed E-state index contributed by atoms with van der Waals surface area (Å²) in [5, 5.41) is 25.3. The Labute approximate surface area is 131 Å². The van der Waals surface area contributed by atoms with Crippen LogP contribution in [0.25, 0.3) is 0 Å². The van der Waals surface area contributed by atoms with Crippen LogP contribution in [0.3, 0.4) is 0 Å². The predicted molar refractivity (Wildman–Crippen MR) is 83.2 cm³/mol. The molecule has 1 amide bonds. The fraction of sp³-hybridized carbons (Fsp3) is 0.733. The molecular formula is C15H25BN2O4. The van der Waals surface area contributed by atoms with Gasteiger partial charge in [0.25, 0.3) is 5.91 Å². The monoisotopic (exact) mass is 308 g/mol. The molecule has 122 valence electrons. The first-order chi connectivity index (χ1) is 10.5. The molecule has 0 spiro atoms. The second-order valence-corrected chi connectivity index (χ2v) is 6.57. The third kappa shape index (κ3) is 4.58. The van der Waals surface area contributed by atoms with Crippen LogP contribution in [0, 0.1) is 5.92 Å². The minimum atomic E-state index is -1.59. The van der Waals surface area contributed by atoms with E-state index in [1.165, 1.54) is 19.3 Å². The van der Waals surface area contributed by atoms with E-state index in [1.807, 2.05) is 13.8 Å². The van der Waals surface area contributed by atoms with Crippen LogP contribution in [0.4, 0.5) is 0 Å². The molecule has 1 saturated carbocycles. The minimum absolute atomic E-state index is 0.134. The van der Waals surface area contributed by atoms with Gasteiger partial charge in [-0.15, -0.1) is 0 Å². The summed E-state index contributed by atoms with van der Waals surface area (Å²) in [5.74, 6) is -0.424. The van der Waals surface area contributed by atoms with Crippen molar-refractivity contribution in [2.45, 2.75) is 64.2 Å². The van der Waals surface area contributed by atoms with Crippen LogP contribution in [0.2, 0.25) is 0 Å². The average Bonchev–Trinajstić information content (AvgIpc) is 2.96. The Morgan fingerprint density at radius 2 is 2.09 bits per heavy atom. The topological polar surface area (TPSA) is 95.6 Å². The Bertz CT molecular complexity index is 484. The van der Waals surface area contributed by atoms with Gasteiger partial charge in [-0.3, -0.25) is 4.79 Å². The summed E-state index contributed by atoms with van der Waals surface area (Å²) in [6, 6.07) is 1.68. The first-order valence-electron chi connectivity index (χ1n) is 8.11. The number of carbonyl (C=O) groups is 1. The van der Waals surface area contributed by atoms with Crippen molar-refractivity contribution >= 4 is 13.0 Å². The Balaban J connectivity index is 1.98. The van der Waals surface area contributed by atoms with Gasteiger partial charge in [-0.25, -0.2) is 0 Å². The fourth-order valence-electron chi connectivity index (χ4n) is 2.99. The van der Waals surface area contributed by atoms with Gasteiger partial charge >= 0.3 is 7.12 Å². The molecule has 1 aromatic heterocycles. The third-order valence-corrected chi connectivity index (χ3v) is 4.18. The summed E-state index contributed by atoms with van der Waals surface area (Å²) in [4.78, 5) is 12.2. The average molecular weight is 308 g/mol. The van der Waals surface area contributed by atoms with Gasteiger partial charge in [0.1, 0.15) is 0 Å². The molecule has 7 heteroatoms. The van der Waals surface area contributed by atoms with Crippen LogP contribution in [-0.2, 0) is 0 Å². The van der Waals surface area contributed by atoms with Crippen LogP contribution < -0.4 is 5.32 Å². The van der Waals surface area contributed by atoms with Gasteiger partial charge in [-0.2, -0.15) is 0 Å². The molecule has 0 aliphatic heterocycles. The van der Waals surface area contributed by atoms with Crippen molar-refractivity contribution in [3.63, 3.8) is 0 Å². The lowest BCUT2D eigenvalue weighted by Crippen LogP contribution is -2.47. The van der Waals surface area contributed by atoms with Crippen molar-refractivity contribution in [3.8, 4) is 0 Å². The van der Waals surface area contributed by atoms with Gasteiger partial charge in [0.05, 0.1) is 11.6 Å². The number of amides is 1. The smallest absolute Gasteiger partial charge is 0.426 e. The molecule has 0 bridgehead atoms. The number of carbonyl (C=O) groups excluding carboxylic acids is 1. The summed E-state index contributed by atoms with van der Waals surface area (Å²) in [6.45, 7) is 3.91. The summed E-state index contributed by atoms with van der Waals surface area (Å²) in [6.07, 6.45) is 6.27. The highest BCUT2D eigenvalue weighted by atomic mass is 16.5. The van der Waals surface area contributed by atoms with Gasteiger partial charge in [0.15, 0.2) is 0 Å². The van der Waals surface area contributed by atoms with Gasteiger partial charge in [0, 0.05) is 12.0 Å². The lowest BCUT2D eigenvalue weighted by molar-refractivity contribution is 0.0901. The Morgan fingerprint density at radius 3 is 2.68 bits per heavy atom. The Kier molecular flexibility index (Phi) is 6.02. The minimum Gasteiger partial charge on any atom is -0.426 e. The van der Waals surface area contributed by atoms with Gasteiger partial charge in [-0.05, 0) is 25.2 Å². The molecule has 0 radical (unpaired) electrons. The van der Waals surface area contributed by atoms with E-state index in [0.29, 0.717) is 12.3 Å². The number of hydrogen-bond acceptors (Lipinski definition) is 5. The van der Waals surface area contributed by atoms with Gasteiger partial charge < -0.3 is 19.9 Å². The molecule has 6 nitrogen and oxygen atoms in total. The highest BCUT2D eigenvalue weighted by Crippen LogP contribution is 2.32. The third-order valence-electron chi connectivity index (χ3n) is 4.18. The van der Waals surface area contributed by atoms with E-state index in [9.17, 15) is 14.8 Å². The second-order valence-electron chi connectivity index (χ2n) is 6.57. The van der Waals surface area contributed by atoms with E-state index in [0.717, 1.165) is 18.5 Å². The number of nitrogens with zero attached hydrogens (tertiary/aromatic N) is 1. The van der Waals surface area contributed by atoms with Crippen molar-refractivity contribution in [3.05, 3.63) is 17.5 Å². The lowest BCUT2D eigenvalue weighted by atomic mass is 9.75. The molecule has 0 aromatic carbocycles. The molecule has 1 atom stereocenters. The van der Waals surface area contributed by atoms with Crippen molar-refractivity contribution in [1.82, 2.24) is 10.5 Å². The van der Waals surface area contributed by atoms with Crippen LogP contribution >= 0.6 is 0 Å². The molecule has 0 unspecified atom stereocenters. The summed E-state index contributed by atoms with van der Waals surface area (Å²) < 4.78 is 5.14. The lowest BCUT2D eigenvalue weighted by Gasteiger charge is -2.19. The Morgan fingerprint density at radius 1 is 1.41 bits per heavy atom.